The Morgan fingerprint density at radius 3 is 1.72 bits per heavy atom. The zero-order chi connectivity index (χ0) is 24.6. The normalized spacial score (nSPS) is 11.2. The van der Waals surface area contributed by atoms with Crippen LogP contribution in [-0.4, -0.2) is 16.7 Å². The summed E-state index contributed by atoms with van der Waals surface area (Å²) in [4.78, 5) is 12.6. The van der Waals surface area contributed by atoms with Gasteiger partial charge in [-0.3, -0.25) is 4.79 Å². The first kappa shape index (κ1) is 22.8. The zero-order valence-electron chi connectivity index (χ0n) is 19.7. The van der Waals surface area contributed by atoms with E-state index in [1.165, 1.54) is 0 Å². The van der Waals surface area contributed by atoms with Crippen molar-refractivity contribution in [3.05, 3.63) is 145 Å². The van der Waals surface area contributed by atoms with Crippen molar-refractivity contribution in [3.63, 3.8) is 0 Å². The summed E-state index contributed by atoms with van der Waals surface area (Å²) in [5.74, 6) is -0.259. The summed E-state index contributed by atoms with van der Waals surface area (Å²) in [6.07, 6.45) is 5.29. The minimum Gasteiger partial charge on any atom is -0.309 e. The van der Waals surface area contributed by atoms with E-state index in [0.29, 0.717) is 5.56 Å². The van der Waals surface area contributed by atoms with Crippen LogP contribution in [0.15, 0.2) is 139 Å². The fraction of sp³-hybridized carbons (Fsp3) is 0. The molecule has 0 spiro atoms. The van der Waals surface area contributed by atoms with Crippen molar-refractivity contribution >= 4 is 18.2 Å². The average molecular weight is 468 g/mol. The SMILES string of the molecule is O=C(N/N=C\C=C\c1ccccc1)c1ccc(-n2c(-c3ccccc3)ccc2-c2ccccc2)cc1. The van der Waals surface area contributed by atoms with Crippen LogP contribution in [0, 0.1) is 0 Å². The van der Waals surface area contributed by atoms with Crippen LogP contribution in [0.5, 0.6) is 0 Å². The predicted octanol–water partition coefficient (Wildman–Crippen LogP) is 7.24. The minimum absolute atomic E-state index is 0.259. The van der Waals surface area contributed by atoms with Gasteiger partial charge in [0.05, 0.1) is 11.4 Å². The van der Waals surface area contributed by atoms with E-state index >= 15 is 0 Å². The third kappa shape index (κ3) is 5.24. The van der Waals surface area contributed by atoms with Gasteiger partial charge in [0.25, 0.3) is 5.91 Å². The highest BCUT2D eigenvalue weighted by Gasteiger charge is 2.14. The average Bonchev–Trinajstić information content (AvgIpc) is 3.40. The second-order valence-corrected chi connectivity index (χ2v) is 8.21. The van der Waals surface area contributed by atoms with Crippen LogP contribution in [0.2, 0.25) is 0 Å². The summed E-state index contributed by atoms with van der Waals surface area (Å²) in [5, 5.41) is 4.03. The summed E-state index contributed by atoms with van der Waals surface area (Å²) in [6, 6.07) is 42.4. The number of hydrazone groups is 1. The maximum absolute atomic E-state index is 12.6. The molecule has 5 aromatic rings. The lowest BCUT2D eigenvalue weighted by molar-refractivity contribution is 0.0955. The Morgan fingerprint density at radius 2 is 1.17 bits per heavy atom. The highest BCUT2D eigenvalue weighted by atomic mass is 16.2. The van der Waals surface area contributed by atoms with Gasteiger partial charge in [0, 0.05) is 17.5 Å². The molecule has 1 heterocycles. The molecule has 5 rings (SSSR count). The van der Waals surface area contributed by atoms with Gasteiger partial charge in [-0.1, -0.05) is 97.1 Å². The first-order valence-electron chi connectivity index (χ1n) is 11.8. The Kier molecular flexibility index (Phi) is 6.96. The van der Waals surface area contributed by atoms with Gasteiger partial charge in [0.15, 0.2) is 0 Å². The Bertz CT molecular complexity index is 1430. The summed E-state index contributed by atoms with van der Waals surface area (Å²) >= 11 is 0. The lowest BCUT2D eigenvalue weighted by atomic mass is 10.1. The van der Waals surface area contributed by atoms with Gasteiger partial charge >= 0.3 is 0 Å². The number of benzene rings is 4. The number of amides is 1. The second kappa shape index (κ2) is 11.0. The summed E-state index contributed by atoms with van der Waals surface area (Å²) in [6.45, 7) is 0. The molecule has 0 fully saturated rings. The molecule has 0 atom stereocenters. The highest BCUT2D eigenvalue weighted by Crippen LogP contribution is 2.32. The maximum atomic E-state index is 12.6. The van der Waals surface area contributed by atoms with E-state index in [2.05, 4.69) is 51.5 Å². The summed E-state index contributed by atoms with van der Waals surface area (Å²) in [7, 11) is 0. The Hall–Kier alpha value is -4.96. The van der Waals surface area contributed by atoms with Gasteiger partial charge in [-0.15, -0.1) is 0 Å². The van der Waals surface area contributed by atoms with Crippen molar-refractivity contribution in [1.82, 2.24) is 9.99 Å². The highest BCUT2D eigenvalue weighted by molar-refractivity contribution is 5.95. The molecule has 0 saturated heterocycles. The molecule has 4 nitrogen and oxygen atoms in total. The molecule has 0 aliphatic heterocycles. The van der Waals surface area contributed by atoms with Crippen molar-refractivity contribution in [1.29, 1.82) is 0 Å². The molecular weight excluding hydrogens is 442 g/mol. The van der Waals surface area contributed by atoms with E-state index in [-0.39, 0.29) is 5.91 Å². The smallest absolute Gasteiger partial charge is 0.271 e. The molecule has 1 amide bonds. The van der Waals surface area contributed by atoms with Gasteiger partial charge in [0.1, 0.15) is 0 Å². The maximum Gasteiger partial charge on any atom is 0.271 e. The first-order chi connectivity index (χ1) is 17.8. The molecular formula is C32H25N3O. The Morgan fingerprint density at radius 1 is 0.639 bits per heavy atom. The summed E-state index contributed by atoms with van der Waals surface area (Å²) < 4.78 is 2.22. The topological polar surface area (TPSA) is 46.4 Å². The van der Waals surface area contributed by atoms with E-state index in [4.69, 9.17) is 0 Å². The number of carbonyl (C=O) groups is 1. The molecule has 0 bridgehead atoms. The van der Waals surface area contributed by atoms with Crippen molar-refractivity contribution in [2.45, 2.75) is 0 Å². The van der Waals surface area contributed by atoms with E-state index in [0.717, 1.165) is 33.8 Å². The molecule has 1 N–H and O–H groups in total. The number of carbonyl (C=O) groups excluding carboxylic acids is 1. The molecule has 0 aliphatic rings. The molecule has 0 radical (unpaired) electrons. The first-order valence-corrected chi connectivity index (χ1v) is 11.8. The van der Waals surface area contributed by atoms with Crippen LogP contribution in [0.1, 0.15) is 15.9 Å². The number of rotatable bonds is 7. The largest absolute Gasteiger partial charge is 0.309 e. The van der Waals surface area contributed by atoms with Gasteiger partial charge in [-0.05, 0) is 59.2 Å². The van der Waals surface area contributed by atoms with E-state index in [9.17, 15) is 4.79 Å². The quantitative estimate of drug-likeness (QED) is 0.199. The van der Waals surface area contributed by atoms with Crippen LogP contribution >= 0.6 is 0 Å². The van der Waals surface area contributed by atoms with E-state index in [1.54, 1.807) is 12.3 Å². The molecule has 174 valence electrons. The predicted molar refractivity (Wildman–Crippen MR) is 148 cm³/mol. The Labute approximate surface area is 210 Å². The fourth-order valence-corrected chi connectivity index (χ4v) is 4.07. The summed E-state index contributed by atoms with van der Waals surface area (Å²) in [5.41, 5.74) is 9.59. The standard InChI is InChI=1S/C32H25N3O/c36-32(34-33-24-10-13-25-11-4-1-5-12-25)28-18-20-29(21-19-28)35-30(26-14-6-2-7-15-26)22-23-31(35)27-16-8-3-9-17-27/h1-24H,(H,34,36)/b13-10+,33-24-. The van der Waals surface area contributed by atoms with Crippen molar-refractivity contribution < 1.29 is 4.79 Å². The molecule has 4 aromatic carbocycles. The van der Waals surface area contributed by atoms with Crippen molar-refractivity contribution in [2.75, 3.05) is 0 Å². The molecule has 4 heteroatoms. The minimum atomic E-state index is -0.259. The van der Waals surface area contributed by atoms with E-state index in [1.807, 2.05) is 97.1 Å². The van der Waals surface area contributed by atoms with Crippen LogP contribution in [0.25, 0.3) is 34.3 Å². The fourth-order valence-electron chi connectivity index (χ4n) is 4.07. The van der Waals surface area contributed by atoms with Gasteiger partial charge in [0.2, 0.25) is 0 Å². The Balaban J connectivity index is 1.37. The third-order valence-electron chi connectivity index (χ3n) is 5.82. The van der Waals surface area contributed by atoms with Gasteiger partial charge in [-0.25, -0.2) is 5.43 Å². The molecule has 0 aliphatic carbocycles. The number of allylic oxidation sites excluding steroid dienone is 1. The van der Waals surface area contributed by atoms with Crippen LogP contribution in [0.3, 0.4) is 0 Å². The van der Waals surface area contributed by atoms with E-state index < -0.39 is 0 Å². The number of nitrogens with one attached hydrogen (secondary N) is 1. The lowest BCUT2D eigenvalue weighted by Gasteiger charge is -2.15. The van der Waals surface area contributed by atoms with Crippen molar-refractivity contribution in [3.8, 4) is 28.2 Å². The molecule has 1 aromatic heterocycles. The zero-order valence-corrected chi connectivity index (χ0v) is 19.7. The molecule has 0 unspecified atom stereocenters. The molecule has 0 saturated carbocycles. The lowest BCUT2D eigenvalue weighted by Crippen LogP contribution is -2.17. The van der Waals surface area contributed by atoms with Gasteiger partial charge < -0.3 is 4.57 Å². The van der Waals surface area contributed by atoms with Crippen LogP contribution in [-0.2, 0) is 0 Å². The van der Waals surface area contributed by atoms with Crippen molar-refractivity contribution in [2.24, 2.45) is 5.10 Å². The van der Waals surface area contributed by atoms with Crippen LogP contribution in [0.4, 0.5) is 0 Å². The number of hydrogen-bond acceptors (Lipinski definition) is 2. The monoisotopic (exact) mass is 467 g/mol. The second-order valence-electron chi connectivity index (χ2n) is 8.21. The number of nitrogens with zero attached hydrogens (tertiary/aromatic N) is 2. The molecule has 36 heavy (non-hydrogen) atoms. The van der Waals surface area contributed by atoms with Gasteiger partial charge in [-0.2, -0.15) is 5.10 Å². The number of aromatic nitrogens is 1. The third-order valence-corrected chi connectivity index (χ3v) is 5.82. The van der Waals surface area contributed by atoms with Crippen LogP contribution < -0.4 is 5.43 Å². The number of hydrogen-bond donors (Lipinski definition) is 1.